The van der Waals surface area contributed by atoms with Gasteiger partial charge in [0.2, 0.25) is 0 Å². The average molecular weight is 421 g/mol. The number of carbonyl (C=O) groups excluding carboxylic acids is 1. The van der Waals surface area contributed by atoms with Crippen LogP contribution in [0, 0.1) is 0 Å². The van der Waals surface area contributed by atoms with Crippen LogP contribution in [0.5, 0.6) is 0 Å². The predicted molar refractivity (Wildman–Crippen MR) is 118 cm³/mol. The number of hydrogen-bond donors (Lipinski definition) is 2. The minimum absolute atomic E-state index is 0.0509. The molecular weight excluding hydrogens is 400 g/mol. The number of nitrogens with two attached hydrogens (primary N) is 1. The highest BCUT2D eigenvalue weighted by atomic mass is 35.5. The Bertz CT molecular complexity index is 1050. The van der Waals surface area contributed by atoms with Crippen LogP contribution < -0.4 is 11.1 Å². The number of anilines is 1. The van der Waals surface area contributed by atoms with E-state index in [1.54, 1.807) is 12.1 Å². The molecule has 4 rings (SSSR count). The van der Waals surface area contributed by atoms with Crippen LogP contribution in [0.4, 0.5) is 10.6 Å². The largest absolute Gasteiger partial charge is 0.449 e. The number of carbonyl (C=O) groups is 1. The van der Waals surface area contributed by atoms with E-state index in [1.807, 2.05) is 30.3 Å². The zero-order chi connectivity index (χ0) is 20.9. The quantitative estimate of drug-likeness (QED) is 0.566. The fourth-order valence-corrected chi connectivity index (χ4v) is 3.80. The van der Waals surface area contributed by atoms with Crippen molar-refractivity contribution in [1.29, 1.82) is 0 Å². The number of hydrogen-bond acceptors (Lipinski definition) is 5. The van der Waals surface area contributed by atoms with Crippen LogP contribution in [0.3, 0.4) is 0 Å². The number of nitrogen functional groups attached to an aromatic ring is 1. The van der Waals surface area contributed by atoms with E-state index >= 15 is 0 Å². The Labute approximate surface area is 179 Å². The Balaban J connectivity index is 1.28. The molecule has 0 unspecified atom stereocenters. The molecule has 1 aliphatic carbocycles. The first kappa shape index (κ1) is 19.9. The molecule has 0 spiro atoms. The van der Waals surface area contributed by atoms with Gasteiger partial charge in [0.15, 0.2) is 11.0 Å². The number of amides is 1. The first-order valence-corrected chi connectivity index (χ1v) is 10.1. The van der Waals surface area contributed by atoms with Crippen molar-refractivity contribution in [2.75, 3.05) is 18.9 Å². The Morgan fingerprint density at radius 1 is 1.10 bits per heavy atom. The molecule has 1 heterocycles. The van der Waals surface area contributed by atoms with Gasteiger partial charge in [-0.1, -0.05) is 72.3 Å². The number of fused-ring (bicyclic) bond motifs is 3. The van der Waals surface area contributed by atoms with Crippen molar-refractivity contribution in [2.24, 2.45) is 0 Å². The third-order valence-corrected chi connectivity index (χ3v) is 5.23. The van der Waals surface area contributed by atoms with Gasteiger partial charge < -0.3 is 15.8 Å². The van der Waals surface area contributed by atoms with E-state index in [2.05, 4.69) is 39.8 Å². The lowest BCUT2D eigenvalue weighted by atomic mass is 9.98. The Kier molecular flexibility index (Phi) is 5.95. The van der Waals surface area contributed by atoms with Crippen molar-refractivity contribution >= 4 is 29.6 Å². The van der Waals surface area contributed by atoms with Gasteiger partial charge in [0.1, 0.15) is 6.61 Å². The first-order valence-electron chi connectivity index (χ1n) is 9.67. The molecule has 0 atom stereocenters. The molecule has 0 bridgehead atoms. The van der Waals surface area contributed by atoms with Gasteiger partial charge >= 0.3 is 6.09 Å². The maximum absolute atomic E-state index is 12.1. The topological polar surface area (TPSA) is 90.1 Å². The number of alkyl carbamates (subject to hydrolysis) is 1. The van der Waals surface area contributed by atoms with Crippen molar-refractivity contribution < 1.29 is 9.53 Å². The summed E-state index contributed by atoms with van der Waals surface area (Å²) < 4.78 is 5.51. The van der Waals surface area contributed by atoms with Crippen molar-refractivity contribution in [3.05, 3.63) is 82.5 Å². The van der Waals surface area contributed by atoms with E-state index in [1.165, 1.54) is 22.3 Å². The van der Waals surface area contributed by atoms with Gasteiger partial charge in [-0.25, -0.2) is 4.79 Å². The summed E-state index contributed by atoms with van der Waals surface area (Å²) in [5, 5.41) is 10.5. The smallest absolute Gasteiger partial charge is 0.407 e. The summed E-state index contributed by atoms with van der Waals surface area (Å²) in [6.45, 7) is 0.743. The lowest BCUT2D eigenvalue weighted by molar-refractivity contribution is 0.143. The number of rotatable bonds is 6. The fraction of sp³-hybridized carbons (Fsp3) is 0.174. The van der Waals surface area contributed by atoms with Gasteiger partial charge in [-0.05, 0) is 34.7 Å². The summed E-state index contributed by atoms with van der Waals surface area (Å²) in [4.78, 5) is 12.1. The highest BCUT2D eigenvalue weighted by Gasteiger charge is 2.28. The Morgan fingerprint density at radius 2 is 1.77 bits per heavy atom. The minimum Gasteiger partial charge on any atom is -0.449 e. The van der Waals surface area contributed by atoms with Gasteiger partial charge in [0, 0.05) is 18.0 Å². The molecule has 3 N–H and O–H groups in total. The molecule has 30 heavy (non-hydrogen) atoms. The molecule has 0 saturated carbocycles. The van der Waals surface area contributed by atoms with Crippen LogP contribution in [-0.4, -0.2) is 29.4 Å². The lowest BCUT2D eigenvalue weighted by Crippen LogP contribution is -2.26. The van der Waals surface area contributed by atoms with Crippen LogP contribution in [0.25, 0.3) is 17.2 Å². The van der Waals surface area contributed by atoms with Crippen LogP contribution >= 0.6 is 11.6 Å². The third kappa shape index (κ3) is 4.28. The van der Waals surface area contributed by atoms with Gasteiger partial charge in [-0.3, -0.25) is 0 Å². The normalized spacial score (nSPS) is 12.6. The second-order valence-electron chi connectivity index (χ2n) is 6.95. The predicted octanol–water partition coefficient (Wildman–Crippen LogP) is 4.65. The van der Waals surface area contributed by atoms with Gasteiger partial charge in [0.05, 0.1) is 0 Å². The number of halogens is 1. The second kappa shape index (κ2) is 8.97. The zero-order valence-electron chi connectivity index (χ0n) is 16.2. The Morgan fingerprint density at radius 3 is 2.47 bits per heavy atom. The molecule has 1 amide bonds. The van der Waals surface area contributed by atoms with Gasteiger partial charge in [-0.2, -0.15) is 0 Å². The van der Waals surface area contributed by atoms with Gasteiger partial charge in [-0.15, -0.1) is 10.2 Å². The molecular formula is C23H21ClN4O2. The highest BCUT2D eigenvalue weighted by molar-refractivity contribution is 6.29. The molecule has 6 nitrogen and oxygen atoms in total. The van der Waals surface area contributed by atoms with E-state index in [4.69, 9.17) is 22.1 Å². The summed E-state index contributed by atoms with van der Waals surface area (Å²) in [5.74, 6) is 0.357. The molecule has 3 aromatic rings. The number of ether oxygens (including phenoxy) is 1. The number of benzene rings is 2. The van der Waals surface area contributed by atoms with Crippen molar-refractivity contribution in [3.63, 3.8) is 0 Å². The molecule has 1 aliphatic rings. The van der Waals surface area contributed by atoms with Crippen LogP contribution in [0.15, 0.2) is 60.7 Å². The van der Waals surface area contributed by atoms with Crippen molar-refractivity contribution in [3.8, 4) is 11.1 Å². The van der Waals surface area contributed by atoms with E-state index < -0.39 is 6.09 Å². The molecule has 2 aromatic carbocycles. The number of aromatic nitrogens is 2. The van der Waals surface area contributed by atoms with Crippen molar-refractivity contribution in [2.45, 2.75) is 12.3 Å². The lowest BCUT2D eigenvalue weighted by Gasteiger charge is -2.14. The van der Waals surface area contributed by atoms with Crippen LogP contribution in [-0.2, 0) is 4.74 Å². The average Bonchev–Trinajstić information content (AvgIpc) is 3.08. The first-order chi connectivity index (χ1) is 14.6. The summed E-state index contributed by atoms with van der Waals surface area (Å²) in [5.41, 5.74) is 11.2. The third-order valence-electron chi connectivity index (χ3n) is 5.05. The highest BCUT2D eigenvalue weighted by Crippen LogP contribution is 2.44. The number of nitrogens with zero attached hydrogens (tertiary/aromatic N) is 2. The second-order valence-corrected chi connectivity index (χ2v) is 7.34. The van der Waals surface area contributed by atoms with Crippen LogP contribution in [0.1, 0.15) is 29.0 Å². The number of nitrogens with one attached hydrogen (secondary N) is 1. The zero-order valence-corrected chi connectivity index (χ0v) is 17.0. The summed E-state index contributed by atoms with van der Waals surface area (Å²) >= 11 is 5.81. The maximum Gasteiger partial charge on any atom is 0.407 e. The van der Waals surface area contributed by atoms with E-state index in [0.29, 0.717) is 31.0 Å². The molecule has 0 saturated heterocycles. The molecule has 0 fully saturated rings. The van der Waals surface area contributed by atoms with E-state index in [-0.39, 0.29) is 11.1 Å². The summed E-state index contributed by atoms with van der Waals surface area (Å²) in [6, 6.07) is 18.1. The standard InChI is InChI=1S/C23H21ClN4O2/c24-21-13-15(22(25)28-27-21)7-5-6-12-26-23(29)30-14-20-18-10-3-1-8-16(18)17-9-2-4-11-19(17)20/h1-5,7-11,13,20H,6,12,14H2,(H2,25,28)(H,26,29). The van der Waals surface area contributed by atoms with E-state index in [0.717, 1.165) is 0 Å². The van der Waals surface area contributed by atoms with Crippen molar-refractivity contribution in [1.82, 2.24) is 15.5 Å². The maximum atomic E-state index is 12.1. The monoisotopic (exact) mass is 420 g/mol. The SMILES string of the molecule is Nc1nnc(Cl)cc1C=CCCNC(=O)OCC1c2ccccc2-c2ccccc21. The molecule has 1 aromatic heterocycles. The summed E-state index contributed by atoms with van der Waals surface area (Å²) in [7, 11) is 0. The molecule has 7 heteroatoms. The molecule has 0 aliphatic heterocycles. The molecule has 152 valence electrons. The summed E-state index contributed by atoms with van der Waals surface area (Å²) in [6.07, 6.45) is 3.87. The van der Waals surface area contributed by atoms with Crippen LogP contribution in [0.2, 0.25) is 5.15 Å². The fourth-order valence-electron chi connectivity index (χ4n) is 3.64. The van der Waals surface area contributed by atoms with E-state index in [9.17, 15) is 4.79 Å². The van der Waals surface area contributed by atoms with Gasteiger partial charge in [0.25, 0.3) is 0 Å². The molecule has 0 radical (unpaired) electrons. The Hall–Kier alpha value is -3.38. The minimum atomic E-state index is -0.432.